The Kier molecular flexibility index (Phi) is 3.99. The Hall–Kier alpha value is -2.54. The number of hydrogen-bond donors (Lipinski definition) is 3. The molecule has 7 nitrogen and oxygen atoms in total. The SMILES string of the molecule is CC(O)c1cccc(NC(=O)Nc2nccnn2)c1. The highest BCUT2D eigenvalue weighted by Crippen LogP contribution is 2.16. The van der Waals surface area contributed by atoms with Gasteiger partial charge in [0.25, 0.3) is 5.95 Å². The van der Waals surface area contributed by atoms with Crippen LogP contribution >= 0.6 is 0 Å². The van der Waals surface area contributed by atoms with Crippen molar-refractivity contribution in [2.45, 2.75) is 13.0 Å². The van der Waals surface area contributed by atoms with Crippen LogP contribution in [0.15, 0.2) is 36.7 Å². The van der Waals surface area contributed by atoms with Gasteiger partial charge in [0.05, 0.1) is 18.5 Å². The van der Waals surface area contributed by atoms with E-state index in [0.717, 1.165) is 5.56 Å². The number of nitrogens with one attached hydrogen (secondary N) is 2. The molecule has 0 aliphatic rings. The summed E-state index contributed by atoms with van der Waals surface area (Å²) < 4.78 is 0. The minimum absolute atomic E-state index is 0.117. The van der Waals surface area contributed by atoms with Crippen molar-refractivity contribution in [3.8, 4) is 0 Å². The Bertz CT molecular complexity index is 559. The van der Waals surface area contributed by atoms with Gasteiger partial charge in [-0.05, 0) is 24.6 Å². The number of aliphatic hydroxyl groups is 1. The summed E-state index contributed by atoms with van der Waals surface area (Å²) in [6, 6.07) is 6.45. The van der Waals surface area contributed by atoms with Crippen molar-refractivity contribution >= 4 is 17.7 Å². The monoisotopic (exact) mass is 259 g/mol. The lowest BCUT2D eigenvalue weighted by Crippen LogP contribution is -2.21. The minimum atomic E-state index is -0.591. The van der Waals surface area contributed by atoms with Gasteiger partial charge in [0.1, 0.15) is 0 Å². The van der Waals surface area contributed by atoms with Crippen molar-refractivity contribution in [2.75, 3.05) is 10.6 Å². The van der Waals surface area contributed by atoms with E-state index in [2.05, 4.69) is 25.8 Å². The Morgan fingerprint density at radius 1 is 1.32 bits per heavy atom. The smallest absolute Gasteiger partial charge is 0.326 e. The van der Waals surface area contributed by atoms with Crippen molar-refractivity contribution < 1.29 is 9.90 Å². The number of aromatic nitrogens is 3. The molecule has 0 aliphatic heterocycles. The van der Waals surface area contributed by atoms with Crippen LogP contribution in [0.25, 0.3) is 0 Å². The maximum absolute atomic E-state index is 11.7. The zero-order valence-electron chi connectivity index (χ0n) is 10.2. The number of urea groups is 1. The van der Waals surface area contributed by atoms with E-state index in [1.165, 1.54) is 12.4 Å². The van der Waals surface area contributed by atoms with Gasteiger partial charge in [-0.3, -0.25) is 5.32 Å². The molecular formula is C12H13N5O2. The fraction of sp³-hybridized carbons (Fsp3) is 0.167. The second kappa shape index (κ2) is 5.87. The molecule has 2 rings (SSSR count). The molecule has 2 aromatic rings. The lowest BCUT2D eigenvalue weighted by Gasteiger charge is -2.09. The summed E-state index contributed by atoms with van der Waals surface area (Å²) in [6.07, 6.45) is 2.25. The number of nitrogens with zero attached hydrogens (tertiary/aromatic N) is 3. The molecule has 1 aromatic heterocycles. The van der Waals surface area contributed by atoms with Gasteiger partial charge in [-0.25, -0.2) is 9.78 Å². The first-order valence-corrected chi connectivity index (χ1v) is 5.65. The van der Waals surface area contributed by atoms with E-state index < -0.39 is 12.1 Å². The zero-order valence-corrected chi connectivity index (χ0v) is 10.2. The van der Waals surface area contributed by atoms with E-state index in [-0.39, 0.29) is 5.95 Å². The third kappa shape index (κ3) is 3.71. The number of carbonyl (C=O) groups is 1. The van der Waals surface area contributed by atoms with Crippen LogP contribution in [0, 0.1) is 0 Å². The van der Waals surface area contributed by atoms with E-state index >= 15 is 0 Å². The predicted molar refractivity (Wildman–Crippen MR) is 69.5 cm³/mol. The Balaban J connectivity index is 2.01. The van der Waals surface area contributed by atoms with E-state index in [9.17, 15) is 9.90 Å². The number of benzene rings is 1. The molecule has 0 aliphatic carbocycles. The van der Waals surface area contributed by atoms with E-state index in [4.69, 9.17) is 0 Å². The van der Waals surface area contributed by atoms with Gasteiger partial charge in [-0.1, -0.05) is 12.1 Å². The van der Waals surface area contributed by atoms with Crippen LogP contribution in [0.3, 0.4) is 0 Å². The number of anilines is 2. The summed E-state index contributed by atoms with van der Waals surface area (Å²) in [5.74, 6) is 0.117. The molecule has 1 heterocycles. The van der Waals surface area contributed by atoms with Crippen LogP contribution in [0.4, 0.5) is 16.4 Å². The molecule has 19 heavy (non-hydrogen) atoms. The van der Waals surface area contributed by atoms with Crippen LogP contribution in [-0.2, 0) is 0 Å². The van der Waals surface area contributed by atoms with Crippen LogP contribution in [0.2, 0.25) is 0 Å². The van der Waals surface area contributed by atoms with Gasteiger partial charge < -0.3 is 10.4 Å². The fourth-order valence-electron chi connectivity index (χ4n) is 1.45. The normalized spacial score (nSPS) is 11.7. The zero-order chi connectivity index (χ0) is 13.7. The number of amides is 2. The van der Waals surface area contributed by atoms with Gasteiger partial charge in [0.15, 0.2) is 0 Å². The predicted octanol–water partition coefficient (Wildman–Crippen LogP) is 1.57. The van der Waals surface area contributed by atoms with Gasteiger partial charge in [0.2, 0.25) is 0 Å². The van der Waals surface area contributed by atoms with Crippen LogP contribution in [0.1, 0.15) is 18.6 Å². The maximum Gasteiger partial charge on any atom is 0.326 e. The largest absolute Gasteiger partial charge is 0.389 e. The van der Waals surface area contributed by atoms with Gasteiger partial charge in [-0.2, -0.15) is 5.10 Å². The van der Waals surface area contributed by atoms with E-state index in [1.54, 1.807) is 31.2 Å². The second-order valence-electron chi connectivity index (χ2n) is 3.85. The molecule has 0 spiro atoms. The average Bonchev–Trinajstić information content (AvgIpc) is 2.40. The van der Waals surface area contributed by atoms with E-state index in [0.29, 0.717) is 5.69 Å². The molecule has 0 saturated carbocycles. The highest BCUT2D eigenvalue weighted by molar-refractivity contribution is 5.98. The molecule has 3 N–H and O–H groups in total. The van der Waals surface area contributed by atoms with Crippen molar-refractivity contribution in [1.29, 1.82) is 0 Å². The first-order chi connectivity index (χ1) is 9.15. The van der Waals surface area contributed by atoms with Crippen molar-refractivity contribution in [1.82, 2.24) is 15.2 Å². The number of rotatable bonds is 3. The molecule has 1 aromatic carbocycles. The first kappa shape index (κ1) is 12.9. The summed E-state index contributed by atoms with van der Waals surface area (Å²) in [7, 11) is 0. The first-order valence-electron chi connectivity index (χ1n) is 5.65. The van der Waals surface area contributed by atoms with Crippen LogP contribution < -0.4 is 10.6 Å². The molecule has 1 unspecified atom stereocenters. The molecule has 98 valence electrons. The molecule has 7 heteroatoms. The second-order valence-corrected chi connectivity index (χ2v) is 3.85. The highest BCUT2D eigenvalue weighted by Gasteiger charge is 2.06. The number of aliphatic hydroxyl groups excluding tert-OH is 1. The minimum Gasteiger partial charge on any atom is -0.389 e. The van der Waals surface area contributed by atoms with Crippen molar-refractivity contribution in [3.63, 3.8) is 0 Å². The Morgan fingerprint density at radius 3 is 2.84 bits per heavy atom. The quantitative estimate of drug-likeness (QED) is 0.776. The van der Waals surface area contributed by atoms with Gasteiger partial charge in [0, 0.05) is 5.69 Å². The summed E-state index contributed by atoms with van der Waals surface area (Å²) >= 11 is 0. The van der Waals surface area contributed by atoms with Gasteiger partial charge in [-0.15, -0.1) is 5.10 Å². The summed E-state index contributed by atoms with van der Waals surface area (Å²) in [6.45, 7) is 1.66. The van der Waals surface area contributed by atoms with E-state index in [1.807, 2.05) is 0 Å². The summed E-state index contributed by atoms with van der Waals surface area (Å²) in [5, 5.41) is 21.7. The lowest BCUT2D eigenvalue weighted by atomic mass is 10.1. The molecule has 0 radical (unpaired) electrons. The molecule has 1 atom stereocenters. The topological polar surface area (TPSA) is 100 Å². The maximum atomic E-state index is 11.7. The Labute approximate surface area is 109 Å². The number of hydrogen-bond acceptors (Lipinski definition) is 5. The highest BCUT2D eigenvalue weighted by atomic mass is 16.3. The fourth-order valence-corrected chi connectivity index (χ4v) is 1.45. The van der Waals surface area contributed by atoms with Crippen LogP contribution in [-0.4, -0.2) is 26.3 Å². The van der Waals surface area contributed by atoms with Crippen molar-refractivity contribution in [3.05, 3.63) is 42.2 Å². The molecule has 0 saturated heterocycles. The van der Waals surface area contributed by atoms with Crippen molar-refractivity contribution in [2.24, 2.45) is 0 Å². The average molecular weight is 259 g/mol. The molecular weight excluding hydrogens is 246 g/mol. The summed E-state index contributed by atoms with van der Waals surface area (Å²) in [5.41, 5.74) is 1.29. The third-order valence-electron chi connectivity index (χ3n) is 2.33. The third-order valence-corrected chi connectivity index (χ3v) is 2.33. The van der Waals surface area contributed by atoms with Gasteiger partial charge >= 0.3 is 6.03 Å². The number of carbonyl (C=O) groups excluding carboxylic acids is 1. The Morgan fingerprint density at radius 2 is 2.16 bits per heavy atom. The lowest BCUT2D eigenvalue weighted by molar-refractivity contribution is 0.199. The molecule has 0 bridgehead atoms. The van der Waals surface area contributed by atoms with Crippen LogP contribution in [0.5, 0.6) is 0 Å². The standard InChI is InChI=1S/C12H13N5O2/c1-8(18)9-3-2-4-10(7-9)15-12(19)16-11-13-5-6-14-17-11/h2-8,18H,1H3,(H2,13,15,16,17,19). The molecule has 0 fully saturated rings. The molecule has 2 amide bonds. The summed E-state index contributed by atoms with van der Waals surface area (Å²) in [4.78, 5) is 15.5.